The molecule has 19 heteroatoms. The second-order valence-electron chi connectivity index (χ2n) is 23.3. The lowest BCUT2D eigenvalue weighted by Crippen LogP contribution is -2.64. The third-order valence-electron chi connectivity index (χ3n) is 17.3. The van der Waals surface area contributed by atoms with E-state index in [0.29, 0.717) is 51.7 Å². The number of hydrazine groups is 1. The minimum absolute atomic E-state index is 0.0737. The fourth-order valence-electron chi connectivity index (χ4n) is 12.1. The number of halogens is 2. The number of anilines is 1. The average molecular weight is 1070 g/mol. The molecule has 3 aromatic heterocycles. The van der Waals surface area contributed by atoms with Crippen molar-refractivity contribution < 1.29 is 42.1 Å². The number of rotatable bonds is 20. The number of hydrogen-bond donors (Lipinski definition) is 2. The second-order valence-corrected chi connectivity index (χ2v) is 24.1. The molecule has 6 fully saturated rings. The molecule has 0 radical (unpaired) electrons. The highest BCUT2D eigenvalue weighted by atomic mass is 32.1. The molecule has 2 saturated carbocycles. The standard InChI is InChI=1S/C57H79F2N9O7S/c1-35-36(2)49(35)53(69)62-50(37(3)66-18-16-57(58,59)32-66)54(70)68-17-8-9-46(63-68)55(71)75-33-56(5,6)29-45-43-27-39(47-31-76-34-61-47)10-13-48(43)67(23-26-74-42-14-24-73-25-15-42)52(45)44-28-41(30-60-51(44)38(4)72-7)65-21-19-64(20-22-65)40-11-12-40/h10,13,27-28,30-31,34-38,40,42,46,49-50,63H,8-9,11-12,14-26,29,32-33H2,1-7H3,(H,62,69)/t35-,36+,37-,38+,46+,49?,50+/m1/s1. The lowest BCUT2D eigenvalue weighted by Gasteiger charge is -2.38. The van der Waals surface area contributed by atoms with Crippen molar-refractivity contribution in [3.8, 4) is 22.5 Å². The van der Waals surface area contributed by atoms with E-state index in [9.17, 15) is 23.2 Å². The fourth-order valence-corrected chi connectivity index (χ4v) is 12.7. The third-order valence-corrected chi connectivity index (χ3v) is 17.9. The third kappa shape index (κ3) is 12.1. The molecule has 4 saturated heterocycles. The predicted molar refractivity (Wildman–Crippen MR) is 289 cm³/mol. The van der Waals surface area contributed by atoms with Gasteiger partial charge >= 0.3 is 5.97 Å². The molecule has 1 unspecified atom stereocenters. The summed E-state index contributed by atoms with van der Waals surface area (Å²) in [7, 11) is 1.72. The van der Waals surface area contributed by atoms with Gasteiger partial charge in [0, 0.05) is 123 Å². The van der Waals surface area contributed by atoms with Crippen molar-refractivity contribution in [3.63, 3.8) is 0 Å². The molecular formula is C57H79F2N9O7S. The number of methoxy groups -OCH3 is 1. The molecule has 2 amide bonds. The van der Waals surface area contributed by atoms with E-state index in [1.54, 1.807) is 30.3 Å². The van der Waals surface area contributed by atoms with Crippen LogP contribution in [0.3, 0.4) is 0 Å². The number of piperazine rings is 1. The maximum Gasteiger partial charge on any atom is 0.324 e. The summed E-state index contributed by atoms with van der Waals surface area (Å²) >= 11 is 1.56. The number of ether oxygens (including phenoxy) is 4. The van der Waals surface area contributed by atoms with Crippen LogP contribution in [0.15, 0.2) is 41.4 Å². The van der Waals surface area contributed by atoms with Gasteiger partial charge in [0.15, 0.2) is 0 Å². The van der Waals surface area contributed by atoms with E-state index in [1.807, 2.05) is 32.5 Å². The summed E-state index contributed by atoms with van der Waals surface area (Å²) in [4.78, 5) is 58.8. The predicted octanol–water partition coefficient (Wildman–Crippen LogP) is 7.74. The zero-order chi connectivity index (χ0) is 53.5. The van der Waals surface area contributed by atoms with Crippen LogP contribution in [0.2, 0.25) is 0 Å². The summed E-state index contributed by atoms with van der Waals surface area (Å²) < 4.78 is 56.0. The van der Waals surface area contributed by atoms with E-state index >= 15 is 0 Å². The SMILES string of the molecule is CO[C@@H](C)c1ncc(N2CCN(C3CC3)CC2)cc1-c1c(CC(C)(C)COC(=O)[C@@H]2CCCN(C(=O)[C@@H](NC(=O)C3[C@@H](C)[C@H]3C)[C@@H](C)N3CCC(F)(F)C3)N2)c2cc(-c3cscn3)ccc2n1CCOC1CCOCC1. The molecule has 4 aromatic rings. The largest absolute Gasteiger partial charge is 0.464 e. The van der Waals surface area contributed by atoms with E-state index in [4.69, 9.17) is 28.9 Å². The van der Waals surface area contributed by atoms with Gasteiger partial charge in [-0.1, -0.05) is 33.8 Å². The van der Waals surface area contributed by atoms with Gasteiger partial charge in [-0.25, -0.2) is 19.2 Å². The first-order valence-electron chi connectivity index (χ1n) is 27.9. The Morgan fingerprint density at radius 3 is 2.42 bits per heavy atom. The molecule has 76 heavy (non-hydrogen) atoms. The Kier molecular flexibility index (Phi) is 16.5. The molecule has 7 heterocycles. The Morgan fingerprint density at radius 2 is 1.75 bits per heavy atom. The van der Waals surface area contributed by atoms with Gasteiger partial charge in [-0.05, 0) is 94.4 Å². The maximum absolute atomic E-state index is 14.5. The number of fused-ring (bicyclic) bond motifs is 1. The summed E-state index contributed by atoms with van der Waals surface area (Å²) in [5, 5.41) is 7.47. The number of nitrogens with one attached hydrogen (secondary N) is 2. The summed E-state index contributed by atoms with van der Waals surface area (Å²) in [6, 6.07) is 6.95. The topological polar surface area (TPSA) is 156 Å². The van der Waals surface area contributed by atoms with E-state index in [2.05, 4.69) is 68.6 Å². The smallest absolute Gasteiger partial charge is 0.324 e. The number of carbonyl (C=O) groups is 3. The van der Waals surface area contributed by atoms with Gasteiger partial charge in [0.25, 0.3) is 11.8 Å². The fraction of sp³-hybridized carbons (Fsp3) is 0.667. The van der Waals surface area contributed by atoms with E-state index < -0.39 is 47.9 Å². The highest BCUT2D eigenvalue weighted by Gasteiger charge is 2.51. The average Bonchev–Trinajstić information content (AvgIpc) is 4.19. The molecule has 0 spiro atoms. The van der Waals surface area contributed by atoms with Crippen LogP contribution in [0.1, 0.15) is 104 Å². The highest BCUT2D eigenvalue weighted by molar-refractivity contribution is 7.07. The Labute approximate surface area is 450 Å². The molecule has 2 aliphatic carbocycles. The molecule has 7 atom stereocenters. The number of likely N-dealkylation sites (tertiary alicyclic amines) is 1. The van der Waals surface area contributed by atoms with Crippen molar-refractivity contribution in [2.24, 2.45) is 23.2 Å². The molecule has 6 aliphatic rings. The summed E-state index contributed by atoms with van der Waals surface area (Å²) in [5.74, 6) is -4.01. The Balaban J connectivity index is 0.939. The van der Waals surface area contributed by atoms with Crippen LogP contribution in [0.4, 0.5) is 14.5 Å². The monoisotopic (exact) mass is 1070 g/mol. The molecule has 4 aliphatic heterocycles. The van der Waals surface area contributed by atoms with Crippen LogP contribution in [0.5, 0.6) is 0 Å². The first-order valence-corrected chi connectivity index (χ1v) is 28.8. The Hall–Kier alpha value is -4.63. The normalized spacial score (nSPS) is 24.9. The number of amides is 2. The van der Waals surface area contributed by atoms with E-state index in [-0.39, 0.29) is 62.0 Å². The number of carbonyl (C=O) groups excluding carboxylic acids is 3. The highest BCUT2D eigenvalue weighted by Crippen LogP contribution is 2.46. The second kappa shape index (κ2) is 23.0. The van der Waals surface area contributed by atoms with Crippen LogP contribution in [-0.4, -0.2) is 163 Å². The van der Waals surface area contributed by atoms with Crippen LogP contribution in [-0.2, 0) is 46.3 Å². The lowest BCUT2D eigenvalue weighted by atomic mass is 9.84. The van der Waals surface area contributed by atoms with Crippen molar-refractivity contribution in [3.05, 3.63) is 52.6 Å². The number of pyridine rings is 1. The van der Waals surface area contributed by atoms with Crippen molar-refractivity contribution in [2.75, 3.05) is 84.3 Å². The van der Waals surface area contributed by atoms with Gasteiger partial charge < -0.3 is 33.7 Å². The number of thiazole rings is 1. The summed E-state index contributed by atoms with van der Waals surface area (Å²) in [6.45, 7) is 18.3. The van der Waals surface area contributed by atoms with Gasteiger partial charge in [-0.2, -0.15) is 0 Å². The number of nitrogens with zero attached hydrogens (tertiary/aromatic N) is 7. The number of hydrogen-bond acceptors (Lipinski definition) is 14. The van der Waals surface area contributed by atoms with Gasteiger partial charge in [0.2, 0.25) is 5.91 Å². The lowest BCUT2D eigenvalue weighted by molar-refractivity contribution is -0.156. The van der Waals surface area contributed by atoms with Gasteiger partial charge in [-0.15, -0.1) is 11.3 Å². The van der Waals surface area contributed by atoms with Crippen LogP contribution >= 0.6 is 11.3 Å². The Morgan fingerprint density at radius 1 is 0.987 bits per heavy atom. The number of esters is 1. The maximum atomic E-state index is 14.5. The minimum Gasteiger partial charge on any atom is -0.464 e. The van der Waals surface area contributed by atoms with E-state index in [1.165, 1.54) is 17.9 Å². The number of aromatic nitrogens is 3. The molecule has 0 bridgehead atoms. The molecule has 10 rings (SSSR count). The zero-order valence-electron chi connectivity index (χ0n) is 45.5. The quantitative estimate of drug-likeness (QED) is 0.0831. The first-order chi connectivity index (χ1) is 36.5. The van der Waals surface area contributed by atoms with Crippen molar-refractivity contribution in [1.29, 1.82) is 0 Å². The van der Waals surface area contributed by atoms with Gasteiger partial charge in [0.1, 0.15) is 12.1 Å². The first kappa shape index (κ1) is 54.7. The summed E-state index contributed by atoms with van der Waals surface area (Å²) in [5.41, 5.74) is 12.3. The number of alkyl halides is 2. The molecule has 2 N–H and O–H groups in total. The van der Waals surface area contributed by atoms with Crippen LogP contribution in [0, 0.1) is 23.2 Å². The summed E-state index contributed by atoms with van der Waals surface area (Å²) in [6.07, 6.45) is 7.21. The molecular weight excluding hydrogens is 993 g/mol. The van der Waals surface area contributed by atoms with Crippen molar-refractivity contribution in [2.45, 2.75) is 142 Å². The molecule has 1 aromatic carbocycles. The van der Waals surface area contributed by atoms with Gasteiger partial charge in [-0.3, -0.25) is 34.2 Å². The van der Waals surface area contributed by atoms with E-state index in [0.717, 1.165) is 89.4 Å². The molecule has 16 nitrogen and oxygen atoms in total. The minimum atomic E-state index is -2.88. The Bertz CT molecular complexity index is 2680. The van der Waals surface area contributed by atoms with Crippen LogP contribution < -0.4 is 15.6 Å². The molecule has 414 valence electrons. The van der Waals surface area contributed by atoms with Crippen LogP contribution in [0.25, 0.3) is 33.4 Å². The van der Waals surface area contributed by atoms with Crippen molar-refractivity contribution in [1.82, 2.24) is 40.1 Å². The zero-order valence-corrected chi connectivity index (χ0v) is 46.3. The van der Waals surface area contributed by atoms with Crippen molar-refractivity contribution >= 4 is 45.7 Å². The van der Waals surface area contributed by atoms with Gasteiger partial charge in [0.05, 0.1) is 66.4 Å². The number of benzene rings is 1.